The second-order valence-corrected chi connectivity index (χ2v) is 6.44. The molecular formula is C13H25N3O3. The molecule has 1 aliphatic rings. The first kappa shape index (κ1) is 15.8. The molecule has 19 heavy (non-hydrogen) atoms. The van der Waals surface area contributed by atoms with Gasteiger partial charge in [0.15, 0.2) is 0 Å². The van der Waals surface area contributed by atoms with Gasteiger partial charge in [-0.2, -0.15) is 0 Å². The van der Waals surface area contributed by atoms with Crippen molar-refractivity contribution in [3.8, 4) is 0 Å². The number of nitrogens with zero attached hydrogens (tertiary/aromatic N) is 2. The molecule has 2 amide bonds. The molecule has 0 aromatic heterocycles. The van der Waals surface area contributed by atoms with Gasteiger partial charge >= 0.3 is 12.0 Å². The predicted molar refractivity (Wildman–Crippen MR) is 73.1 cm³/mol. The average Bonchev–Trinajstić information content (AvgIpc) is 2.72. The summed E-state index contributed by atoms with van der Waals surface area (Å²) in [6.45, 7) is 6.73. The molecule has 2 N–H and O–H groups in total. The highest BCUT2D eigenvalue weighted by Gasteiger charge is 2.35. The van der Waals surface area contributed by atoms with E-state index in [1.165, 1.54) is 0 Å². The van der Waals surface area contributed by atoms with E-state index in [4.69, 9.17) is 0 Å². The number of hydrogen-bond donors (Lipinski definition) is 2. The summed E-state index contributed by atoms with van der Waals surface area (Å²) in [5.41, 5.74) is -0.512. The lowest BCUT2D eigenvalue weighted by atomic mass is 9.87. The zero-order chi connectivity index (χ0) is 14.8. The summed E-state index contributed by atoms with van der Waals surface area (Å²) in [7, 11) is 3.97. The fourth-order valence-corrected chi connectivity index (χ4v) is 2.21. The number of urea groups is 1. The maximum absolute atomic E-state index is 12.1. The van der Waals surface area contributed by atoms with Crippen LogP contribution in [-0.4, -0.2) is 66.2 Å². The molecule has 6 nitrogen and oxygen atoms in total. The van der Waals surface area contributed by atoms with Crippen molar-refractivity contribution in [2.45, 2.75) is 39.3 Å². The number of amides is 2. The topological polar surface area (TPSA) is 72.9 Å². The Morgan fingerprint density at radius 1 is 1.37 bits per heavy atom. The van der Waals surface area contributed by atoms with Crippen molar-refractivity contribution in [1.29, 1.82) is 0 Å². The highest BCUT2D eigenvalue weighted by molar-refractivity contribution is 5.83. The van der Waals surface area contributed by atoms with Gasteiger partial charge in [0.1, 0.15) is 6.04 Å². The monoisotopic (exact) mass is 271 g/mol. The molecule has 0 aromatic carbocycles. The molecule has 1 fully saturated rings. The SMILES string of the molecule is CN(C)C1CCN(C(=O)NC(C(=O)O)C(C)(C)C)C1. The second-order valence-electron chi connectivity index (χ2n) is 6.44. The number of hydrogen-bond acceptors (Lipinski definition) is 3. The van der Waals surface area contributed by atoms with Gasteiger partial charge in [-0.05, 0) is 25.9 Å². The van der Waals surface area contributed by atoms with E-state index in [1.54, 1.807) is 25.7 Å². The Labute approximate surface area is 114 Å². The standard InChI is InChI=1S/C13H25N3O3/c1-13(2,3)10(11(17)18)14-12(19)16-7-6-9(8-16)15(4)5/h9-10H,6-8H2,1-5H3,(H,14,19)(H,17,18). The average molecular weight is 271 g/mol. The van der Waals surface area contributed by atoms with Gasteiger partial charge in [-0.25, -0.2) is 9.59 Å². The van der Waals surface area contributed by atoms with Crippen molar-refractivity contribution < 1.29 is 14.7 Å². The number of carboxylic acids is 1. The van der Waals surface area contributed by atoms with Crippen molar-refractivity contribution in [1.82, 2.24) is 15.1 Å². The van der Waals surface area contributed by atoms with Gasteiger partial charge in [-0.15, -0.1) is 0 Å². The normalized spacial score (nSPS) is 21.6. The van der Waals surface area contributed by atoms with Gasteiger partial charge in [0.25, 0.3) is 0 Å². The van der Waals surface area contributed by atoms with Crippen LogP contribution in [-0.2, 0) is 4.79 Å². The van der Waals surface area contributed by atoms with Gasteiger partial charge in [-0.3, -0.25) is 0 Å². The van der Waals surface area contributed by atoms with Crippen LogP contribution in [0.1, 0.15) is 27.2 Å². The van der Waals surface area contributed by atoms with Crippen molar-refractivity contribution in [3.63, 3.8) is 0 Å². The first-order valence-electron chi connectivity index (χ1n) is 6.57. The number of rotatable bonds is 3. The molecule has 0 aliphatic carbocycles. The molecule has 1 aliphatic heterocycles. The van der Waals surface area contributed by atoms with E-state index in [-0.39, 0.29) is 6.03 Å². The Hall–Kier alpha value is -1.30. The fourth-order valence-electron chi connectivity index (χ4n) is 2.21. The molecule has 1 heterocycles. The van der Waals surface area contributed by atoms with E-state index in [0.717, 1.165) is 6.42 Å². The molecule has 0 bridgehead atoms. The molecular weight excluding hydrogens is 246 g/mol. The maximum Gasteiger partial charge on any atom is 0.326 e. The Morgan fingerprint density at radius 2 is 1.95 bits per heavy atom. The van der Waals surface area contributed by atoms with E-state index in [9.17, 15) is 14.7 Å². The molecule has 1 rings (SSSR count). The van der Waals surface area contributed by atoms with E-state index in [2.05, 4.69) is 10.2 Å². The highest BCUT2D eigenvalue weighted by Crippen LogP contribution is 2.20. The van der Waals surface area contributed by atoms with Crippen LogP contribution >= 0.6 is 0 Å². The van der Waals surface area contributed by atoms with Gasteiger partial charge in [0, 0.05) is 19.1 Å². The summed E-state index contributed by atoms with van der Waals surface area (Å²) in [6.07, 6.45) is 0.924. The molecule has 2 unspecified atom stereocenters. The molecule has 0 radical (unpaired) electrons. The number of likely N-dealkylation sites (tertiary alicyclic amines) is 1. The molecule has 0 saturated carbocycles. The van der Waals surface area contributed by atoms with Crippen molar-refractivity contribution in [2.75, 3.05) is 27.2 Å². The number of carbonyl (C=O) groups is 2. The molecule has 1 saturated heterocycles. The number of likely N-dealkylation sites (N-methyl/N-ethyl adjacent to an activating group) is 1. The van der Waals surface area contributed by atoms with Crippen LogP contribution in [0.25, 0.3) is 0 Å². The lowest BCUT2D eigenvalue weighted by Crippen LogP contribution is -2.53. The maximum atomic E-state index is 12.1. The summed E-state index contributed by atoms with van der Waals surface area (Å²) >= 11 is 0. The van der Waals surface area contributed by atoms with Crippen molar-refractivity contribution >= 4 is 12.0 Å². The number of carboxylic acid groups (broad SMARTS) is 1. The van der Waals surface area contributed by atoms with Crippen LogP contribution < -0.4 is 5.32 Å². The molecule has 110 valence electrons. The highest BCUT2D eigenvalue weighted by atomic mass is 16.4. The second kappa shape index (κ2) is 5.77. The minimum absolute atomic E-state index is 0.285. The van der Waals surface area contributed by atoms with Crippen LogP contribution in [0.4, 0.5) is 4.79 Å². The molecule has 0 aromatic rings. The van der Waals surface area contributed by atoms with Gasteiger partial charge in [-0.1, -0.05) is 20.8 Å². The van der Waals surface area contributed by atoms with Crippen molar-refractivity contribution in [2.24, 2.45) is 5.41 Å². The van der Waals surface area contributed by atoms with Gasteiger partial charge in [0.2, 0.25) is 0 Å². The van der Waals surface area contributed by atoms with E-state index >= 15 is 0 Å². The van der Waals surface area contributed by atoms with Crippen LogP contribution in [0, 0.1) is 5.41 Å². The zero-order valence-electron chi connectivity index (χ0n) is 12.4. The molecule has 2 atom stereocenters. The van der Waals surface area contributed by atoms with Crippen LogP contribution in [0.2, 0.25) is 0 Å². The smallest absolute Gasteiger partial charge is 0.326 e. The zero-order valence-corrected chi connectivity index (χ0v) is 12.4. The summed E-state index contributed by atoms with van der Waals surface area (Å²) < 4.78 is 0. The summed E-state index contributed by atoms with van der Waals surface area (Å²) in [4.78, 5) is 27.1. The molecule has 0 spiro atoms. The van der Waals surface area contributed by atoms with Crippen LogP contribution in [0.15, 0.2) is 0 Å². The Bertz CT molecular complexity index is 350. The Morgan fingerprint density at radius 3 is 2.32 bits per heavy atom. The summed E-state index contributed by atoms with van der Waals surface area (Å²) in [5.74, 6) is -0.996. The van der Waals surface area contributed by atoms with Gasteiger partial charge in [0.05, 0.1) is 0 Å². The summed E-state index contributed by atoms with van der Waals surface area (Å²) in [6, 6.07) is -0.811. The van der Waals surface area contributed by atoms with Crippen LogP contribution in [0.5, 0.6) is 0 Å². The van der Waals surface area contributed by atoms with E-state index in [1.807, 2.05) is 14.1 Å². The third kappa shape index (κ3) is 4.09. The van der Waals surface area contributed by atoms with Gasteiger partial charge < -0.3 is 20.2 Å². The third-order valence-corrected chi connectivity index (χ3v) is 3.56. The fraction of sp³-hybridized carbons (Fsp3) is 0.846. The lowest BCUT2D eigenvalue weighted by molar-refractivity contribution is -0.142. The number of nitrogens with one attached hydrogen (secondary N) is 1. The van der Waals surface area contributed by atoms with E-state index < -0.39 is 17.4 Å². The minimum atomic E-state index is -0.996. The quantitative estimate of drug-likeness (QED) is 0.797. The number of aliphatic carboxylic acids is 1. The van der Waals surface area contributed by atoms with Crippen LogP contribution in [0.3, 0.4) is 0 Å². The Kier molecular flexibility index (Phi) is 4.79. The molecule has 6 heteroatoms. The number of carbonyl (C=O) groups excluding carboxylic acids is 1. The first-order valence-corrected chi connectivity index (χ1v) is 6.57. The van der Waals surface area contributed by atoms with Crippen molar-refractivity contribution in [3.05, 3.63) is 0 Å². The largest absolute Gasteiger partial charge is 0.480 e. The Balaban J connectivity index is 2.62. The third-order valence-electron chi connectivity index (χ3n) is 3.56. The lowest BCUT2D eigenvalue weighted by Gasteiger charge is -2.30. The summed E-state index contributed by atoms with van der Waals surface area (Å²) in [5, 5.41) is 11.8. The predicted octanol–water partition coefficient (Wildman–Crippen LogP) is 0.831. The minimum Gasteiger partial charge on any atom is -0.480 e. The first-order chi connectivity index (χ1) is 8.62. The van der Waals surface area contributed by atoms with E-state index in [0.29, 0.717) is 19.1 Å².